The summed E-state index contributed by atoms with van der Waals surface area (Å²) in [5, 5.41) is 6.09. The van der Waals surface area contributed by atoms with Crippen LogP contribution in [0.1, 0.15) is 48.0 Å². The van der Waals surface area contributed by atoms with Gasteiger partial charge in [-0.3, -0.25) is 9.59 Å². The van der Waals surface area contributed by atoms with Gasteiger partial charge in [-0.25, -0.2) is 0 Å². The van der Waals surface area contributed by atoms with E-state index in [2.05, 4.69) is 10.6 Å². The van der Waals surface area contributed by atoms with E-state index >= 15 is 0 Å². The summed E-state index contributed by atoms with van der Waals surface area (Å²) in [7, 11) is 5.43. The van der Waals surface area contributed by atoms with Crippen LogP contribution in [0.25, 0.3) is 0 Å². The highest BCUT2D eigenvalue weighted by molar-refractivity contribution is 6.02. The lowest BCUT2D eigenvalue weighted by atomic mass is 9.95. The number of amides is 2. The van der Waals surface area contributed by atoms with Gasteiger partial charge in [0.15, 0.2) is 0 Å². The first kappa shape index (κ1) is 21.7. The minimum Gasteiger partial charge on any atom is -0.497 e. The second kappa shape index (κ2) is 10.1. The third kappa shape index (κ3) is 5.75. The second-order valence-corrected chi connectivity index (χ2v) is 8.01. The van der Waals surface area contributed by atoms with Crippen LogP contribution in [-0.2, 0) is 11.2 Å². The number of hydrogen-bond donors (Lipinski definition) is 2. The zero-order valence-electron chi connectivity index (χ0n) is 18.0. The highest BCUT2D eigenvalue weighted by Crippen LogP contribution is 2.25. The average molecular weight is 410 g/mol. The number of methoxy groups -OCH3 is 1. The molecule has 3 rings (SSSR count). The fourth-order valence-electron chi connectivity index (χ4n) is 3.83. The van der Waals surface area contributed by atoms with Gasteiger partial charge in [0.2, 0.25) is 5.91 Å². The van der Waals surface area contributed by atoms with Crippen molar-refractivity contribution < 1.29 is 14.3 Å². The van der Waals surface area contributed by atoms with Crippen molar-refractivity contribution in [3.8, 4) is 5.75 Å². The largest absolute Gasteiger partial charge is 0.497 e. The van der Waals surface area contributed by atoms with Gasteiger partial charge in [0.1, 0.15) is 5.75 Å². The molecule has 30 heavy (non-hydrogen) atoms. The number of hydrogen-bond acceptors (Lipinski definition) is 4. The van der Waals surface area contributed by atoms with E-state index < -0.39 is 0 Å². The third-order valence-electron chi connectivity index (χ3n) is 5.47. The Morgan fingerprint density at radius 2 is 1.73 bits per heavy atom. The van der Waals surface area contributed by atoms with Gasteiger partial charge in [0.05, 0.1) is 19.1 Å². The van der Waals surface area contributed by atoms with E-state index in [-0.39, 0.29) is 24.3 Å². The van der Waals surface area contributed by atoms with Crippen LogP contribution in [0.5, 0.6) is 5.75 Å². The molecular formula is C24H31N3O3. The molecule has 0 spiro atoms. The van der Waals surface area contributed by atoms with Crippen molar-refractivity contribution in [2.24, 2.45) is 0 Å². The number of anilines is 2. The molecule has 2 aromatic carbocycles. The zero-order chi connectivity index (χ0) is 21.5. The summed E-state index contributed by atoms with van der Waals surface area (Å²) in [6, 6.07) is 13.1. The highest BCUT2D eigenvalue weighted by Gasteiger charge is 2.20. The lowest BCUT2D eigenvalue weighted by Crippen LogP contribution is -2.36. The van der Waals surface area contributed by atoms with Gasteiger partial charge in [-0.2, -0.15) is 0 Å². The molecular weight excluding hydrogens is 378 g/mol. The first-order chi connectivity index (χ1) is 14.5. The highest BCUT2D eigenvalue weighted by atomic mass is 16.5. The smallest absolute Gasteiger partial charge is 0.253 e. The van der Waals surface area contributed by atoms with E-state index in [1.165, 1.54) is 6.42 Å². The summed E-state index contributed by atoms with van der Waals surface area (Å²) in [6.45, 7) is 0. The molecule has 1 fully saturated rings. The van der Waals surface area contributed by atoms with Crippen molar-refractivity contribution >= 4 is 23.2 Å². The van der Waals surface area contributed by atoms with E-state index in [4.69, 9.17) is 4.74 Å². The molecule has 0 heterocycles. The quantitative estimate of drug-likeness (QED) is 0.725. The number of carbonyl (C=O) groups is 2. The fourth-order valence-corrected chi connectivity index (χ4v) is 3.83. The summed E-state index contributed by atoms with van der Waals surface area (Å²) < 4.78 is 5.15. The van der Waals surface area contributed by atoms with Crippen LogP contribution < -0.4 is 20.3 Å². The lowest BCUT2D eigenvalue weighted by Gasteiger charge is -2.24. The predicted molar refractivity (Wildman–Crippen MR) is 120 cm³/mol. The van der Waals surface area contributed by atoms with Gasteiger partial charge in [-0.05, 0) is 48.7 Å². The van der Waals surface area contributed by atoms with Gasteiger partial charge in [0.25, 0.3) is 5.91 Å². The summed E-state index contributed by atoms with van der Waals surface area (Å²) in [6.07, 6.45) is 5.87. The predicted octanol–water partition coefficient (Wildman–Crippen LogP) is 4.00. The molecule has 6 nitrogen and oxygen atoms in total. The van der Waals surface area contributed by atoms with E-state index in [1.807, 2.05) is 55.4 Å². The maximum absolute atomic E-state index is 13.0. The van der Waals surface area contributed by atoms with E-state index in [0.29, 0.717) is 11.3 Å². The minimum absolute atomic E-state index is 0.0862. The summed E-state index contributed by atoms with van der Waals surface area (Å²) in [5.74, 6) is 0.542. The Morgan fingerprint density at radius 1 is 1.03 bits per heavy atom. The van der Waals surface area contributed by atoms with Crippen molar-refractivity contribution in [2.75, 3.05) is 31.4 Å². The SMILES string of the molecule is COc1ccc(CC(=O)Nc2ccc(N(C)C)c(C(=O)NC3CCCCC3)c2)cc1. The molecule has 1 saturated carbocycles. The van der Waals surface area contributed by atoms with Crippen LogP contribution >= 0.6 is 0 Å². The lowest BCUT2D eigenvalue weighted by molar-refractivity contribution is -0.115. The number of benzene rings is 2. The first-order valence-corrected chi connectivity index (χ1v) is 10.5. The Hall–Kier alpha value is -3.02. The molecule has 2 N–H and O–H groups in total. The minimum atomic E-state index is -0.128. The van der Waals surface area contributed by atoms with Crippen LogP contribution in [0.2, 0.25) is 0 Å². The maximum atomic E-state index is 13.0. The Labute approximate surface area is 178 Å². The van der Waals surface area contributed by atoms with E-state index in [1.54, 1.807) is 13.2 Å². The van der Waals surface area contributed by atoms with Crippen LogP contribution in [0, 0.1) is 0 Å². The Morgan fingerprint density at radius 3 is 2.37 bits per heavy atom. The summed E-state index contributed by atoms with van der Waals surface area (Å²) in [5.41, 5.74) is 2.92. The molecule has 0 radical (unpaired) electrons. The third-order valence-corrected chi connectivity index (χ3v) is 5.47. The molecule has 2 amide bonds. The Bertz CT molecular complexity index is 872. The monoisotopic (exact) mass is 409 g/mol. The maximum Gasteiger partial charge on any atom is 0.253 e. The van der Waals surface area contributed by atoms with Crippen molar-refractivity contribution in [1.82, 2.24) is 5.32 Å². The van der Waals surface area contributed by atoms with E-state index in [9.17, 15) is 9.59 Å². The molecule has 0 atom stereocenters. The number of nitrogens with one attached hydrogen (secondary N) is 2. The molecule has 0 saturated heterocycles. The zero-order valence-corrected chi connectivity index (χ0v) is 18.0. The number of carbonyl (C=O) groups excluding carboxylic acids is 2. The van der Waals surface area contributed by atoms with Gasteiger partial charge in [-0.15, -0.1) is 0 Å². The number of nitrogens with zero attached hydrogens (tertiary/aromatic N) is 1. The molecule has 0 bridgehead atoms. The molecule has 0 aromatic heterocycles. The van der Waals surface area contributed by atoms with Crippen molar-refractivity contribution in [3.63, 3.8) is 0 Å². The van der Waals surface area contributed by atoms with Crippen LogP contribution in [-0.4, -0.2) is 39.1 Å². The molecule has 2 aromatic rings. The molecule has 6 heteroatoms. The average Bonchev–Trinajstić information content (AvgIpc) is 2.74. The number of rotatable bonds is 7. The second-order valence-electron chi connectivity index (χ2n) is 8.01. The number of ether oxygens (including phenoxy) is 1. The first-order valence-electron chi connectivity index (χ1n) is 10.5. The van der Waals surface area contributed by atoms with Gasteiger partial charge >= 0.3 is 0 Å². The van der Waals surface area contributed by atoms with Crippen LogP contribution in [0.4, 0.5) is 11.4 Å². The summed E-state index contributed by atoms with van der Waals surface area (Å²) >= 11 is 0. The topological polar surface area (TPSA) is 70.7 Å². The van der Waals surface area contributed by atoms with Crippen molar-refractivity contribution in [3.05, 3.63) is 53.6 Å². The van der Waals surface area contributed by atoms with Crippen molar-refractivity contribution in [1.29, 1.82) is 0 Å². The van der Waals surface area contributed by atoms with Gasteiger partial charge in [-0.1, -0.05) is 31.4 Å². The molecule has 0 aliphatic heterocycles. The van der Waals surface area contributed by atoms with Crippen molar-refractivity contribution in [2.45, 2.75) is 44.6 Å². The molecule has 160 valence electrons. The summed E-state index contributed by atoms with van der Waals surface area (Å²) in [4.78, 5) is 27.4. The Balaban J connectivity index is 1.70. The van der Waals surface area contributed by atoms with Gasteiger partial charge < -0.3 is 20.3 Å². The van der Waals surface area contributed by atoms with Crippen LogP contribution in [0.15, 0.2) is 42.5 Å². The van der Waals surface area contributed by atoms with Crippen LogP contribution in [0.3, 0.4) is 0 Å². The normalized spacial score (nSPS) is 14.1. The van der Waals surface area contributed by atoms with Gasteiger partial charge in [0, 0.05) is 31.5 Å². The fraction of sp³-hybridized carbons (Fsp3) is 0.417. The van der Waals surface area contributed by atoms with E-state index in [0.717, 1.165) is 42.7 Å². The Kier molecular flexibility index (Phi) is 7.33. The molecule has 1 aliphatic carbocycles. The molecule has 0 unspecified atom stereocenters. The standard InChI is InChI=1S/C24H31N3O3/c1-27(2)22-14-11-19(16-21(22)24(29)26-18-7-5-4-6-8-18)25-23(28)15-17-9-12-20(30-3)13-10-17/h9-14,16,18H,4-8,15H2,1-3H3,(H,25,28)(H,26,29). The molecule has 1 aliphatic rings.